The lowest BCUT2D eigenvalue weighted by Crippen LogP contribution is -2.04. The zero-order valence-electron chi connectivity index (χ0n) is 12.7. The van der Waals surface area contributed by atoms with Crippen LogP contribution in [0.4, 0.5) is 8.78 Å². The molecule has 1 N–H and O–H groups in total. The summed E-state index contributed by atoms with van der Waals surface area (Å²) in [4.78, 5) is 15.2. The number of pyridine rings is 1. The van der Waals surface area contributed by atoms with Crippen LogP contribution in [0.3, 0.4) is 0 Å². The molecule has 2 aromatic heterocycles. The van der Waals surface area contributed by atoms with Crippen molar-refractivity contribution in [1.29, 1.82) is 0 Å². The molecule has 0 aliphatic carbocycles. The number of methoxy groups -OCH3 is 1. The van der Waals surface area contributed by atoms with Crippen molar-refractivity contribution >= 4 is 17.6 Å². The molecule has 0 spiro atoms. The number of aromatic carboxylic acids is 1. The summed E-state index contributed by atoms with van der Waals surface area (Å²) in [5, 5.41) is 12.4. The van der Waals surface area contributed by atoms with Crippen molar-refractivity contribution < 1.29 is 23.4 Å². The molecule has 0 unspecified atom stereocenters. The van der Waals surface area contributed by atoms with Crippen LogP contribution in [-0.4, -0.2) is 33.0 Å². The molecule has 6 nitrogen and oxygen atoms in total. The Morgan fingerprint density at radius 1 is 1.32 bits per heavy atom. The predicted octanol–water partition coefficient (Wildman–Crippen LogP) is 3.57. The van der Waals surface area contributed by atoms with E-state index in [2.05, 4.69) is 10.1 Å². The fourth-order valence-corrected chi connectivity index (χ4v) is 2.46. The molecule has 0 fully saturated rings. The van der Waals surface area contributed by atoms with E-state index in [1.165, 1.54) is 24.2 Å². The van der Waals surface area contributed by atoms with E-state index in [0.29, 0.717) is 5.69 Å². The van der Waals surface area contributed by atoms with E-state index in [1.807, 2.05) is 0 Å². The van der Waals surface area contributed by atoms with Gasteiger partial charge in [0.05, 0.1) is 24.7 Å². The van der Waals surface area contributed by atoms with Crippen LogP contribution < -0.4 is 4.74 Å². The summed E-state index contributed by atoms with van der Waals surface area (Å²) in [7, 11) is 1.21. The molecule has 0 radical (unpaired) electrons. The Morgan fingerprint density at radius 2 is 2.08 bits per heavy atom. The van der Waals surface area contributed by atoms with E-state index in [-0.39, 0.29) is 22.7 Å². The molecule has 0 bridgehead atoms. The first-order chi connectivity index (χ1) is 11.9. The molecule has 0 saturated heterocycles. The average Bonchev–Trinajstić information content (AvgIpc) is 3.06. The zero-order chi connectivity index (χ0) is 18.1. The molecule has 0 amide bonds. The van der Waals surface area contributed by atoms with Crippen LogP contribution in [0.15, 0.2) is 36.7 Å². The lowest BCUT2D eigenvalue weighted by Gasteiger charge is -2.11. The minimum Gasteiger partial charge on any atom is -0.494 e. The maximum absolute atomic E-state index is 14.5. The van der Waals surface area contributed by atoms with Gasteiger partial charge in [0.15, 0.2) is 23.1 Å². The smallest absolute Gasteiger partial charge is 0.356 e. The molecule has 0 atom stereocenters. The normalized spacial score (nSPS) is 10.7. The predicted molar refractivity (Wildman–Crippen MR) is 85.2 cm³/mol. The van der Waals surface area contributed by atoms with Crippen LogP contribution in [0.25, 0.3) is 16.9 Å². The maximum Gasteiger partial charge on any atom is 0.356 e. The minimum absolute atomic E-state index is 0.0584. The second-order valence-electron chi connectivity index (χ2n) is 4.91. The van der Waals surface area contributed by atoms with Gasteiger partial charge < -0.3 is 9.84 Å². The van der Waals surface area contributed by atoms with Gasteiger partial charge >= 0.3 is 5.97 Å². The highest BCUT2D eigenvalue weighted by atomic mass is 35.5. The van der Waals surface area contributed by atoms with Crippen molar-refractivity contribution in [3.8, 4) is 22.7 Å². The topological polar surface area (TPSA) is 77.2 Å². The van der Waals surface area contributed by atoms with Gasteiger partial charge in [0.25, 0.3) is 0 Å². The van der Waals surface area contributed by atoms with Crippen molar-refractivity contribution in [2.45, 2.75) is 0 Å². The Labute approximate surface area is 145 Å². The molecule has 3 rings (SSSR count). The number of benzene rings is 1. The Balaban J connectivity index is 2.31. The van der Waals surface area contributed by atoms with Gasteiger partial charge in [-0.1, -0.05) is 11.6 Å². The molecule has 0 aliphatic heterocycles. The van der Waals surface area contributed by atoms with Gasteiger partial charge in [0, 0.05) is 11.8 Å². The number of rotatable bonds is 4. The summed E-state index contributed by atoms with van der Waals surface area (Å²) in [5.74, 6) is -3.68. The van der Waals surface area contributed by atoms with E-state index < -0.39 is 22.6 Å². The fourth-order valence-electron chi connectivity index (χ4n) is 2.27. The Bertz CT molecular complexity index is 961. The Kier molecular flexibility index (Phi) is 4.37. The summed E-state index contributed by atoms with van der Waals surface area (Å²) in [6.45, 7) is 0. The van der Waals surface area contributed by atoms with Crippen molar-refractivity contribution in [2.24, 2.45) is 0 Å². The third-order valence-corrected chi connectivity index (χ3v) is 3.76. The number of carboxylic acids is 1. The standard InChI is InChI=1S/C16H10ClF2N3O3/c1-25-12-5-9(14(18)13(17)15(12)19)11-6-10(16(23)24)21-22(11)8-3-2-4-20-7-8/h2-7H,1H3,(H,23,24). The number of carboxylic acid groups (broad SMARTS) is 1. The van der Waals surface area contributed by atoms with E-state index in [0.717, 1.165) is 12.1 Å². The molecule has 0 aliphatic rings. The zero-order valence-corrected chi connectivity index (χ0v) is 13.5. The van der Waals surface area contributed by atoms with Gasteiger partial charge in [0.2, 0.25) is 0 Å². The lowest BCUT2D eigenvalue weighted by molar-refractivity contribution is 0.0690. The van der Waals surface area contributed by atoms with E-state index in [1.54, 1.807) is 12.1 Å². The third kappa shape index (κ3) is 2.91. The molecule has 0 saturated carbocycles. The second kappa shape index (κ2) is 6.48. The summed E-state index contributed by atoms with van der Waals surface area (Å²) >= 11 is 5.70. The number of hydrogen-bond donors (Lipinski definition) is 1. The van der Waals surface area contributed by atoms with Crippen molar-refractivity contribution in [2.75, 3.05) is 7.11 Å². The Hall–Kier alpha value is -3.00. The SMILES string of the molecule is COc1cc(-c2cc(C(=O)O)nn2-c2cccnc2)c(F)c(Cl)c1F. The number of aromatic nitrogens is 3. The van der Waals surface area contributed by atoms with Crippen LogP contribution in [0.2, 0.25) is 5.02 Å². The van der Waals surface area contributed by atoms with Gasteiger partial charge in [-0.15, -0.1) is 0 Å². The van der Waals surface area contributed by atoms with Crippen LogP contribution in [0.1, 0.15) is 10.5 Å². The molecule has 9 heteroatoms. The highest BCUT2D eigenvalue weighted by Gasteiger charge is 2.24. The largest absolute Gasteiger partial charge is 0.494 e. The summed E-state index contributed by atoms with van der Waals surface area (Å²) in [5.41, 5.74) is -0.0308. The number of hydrogen-bond acceptors (Lipinski definition) is 4. The number of ether oxygens (including phenoxy) is 1. The van der Waals surface area contributed by atoms with E-state index in [4.69, 9.17) is 16.3 Å². The van der Waals surface area contributed by atoms with E-state index >= 15 is 0 Å². The summed E-state index contributed by atoms with van der Waals surface area (Å²) in [6, 6.07) is 5.46. The van der Waals surface area contributed by atoms with Gasteiger partial charge in [0.1, 0.15) is 5.02 Å². The fraction of sp³-hybridized carbons (Fsp3) is 0.0625. The van der Waals surface area contributed by atoms with Crippen LogP contribution in [-0.2, 0) is 0 Å². The first-order valence-electron chi connectivity index (χ1n) is 6.89. The lowest BCUT2D eigenvalue weighted by atomic mass is 10.1. The van der Waals surface area contributed by atoms with Gasteiger partial charge in [-0.2, -0.15) is 5.10 Å². The third-order valence-electron chi connectivity index (χ3n) is 3.43. The van der Waals surface area contributed by atoms with Crippen LogP contribution in [0.5, 0.6) is 5.75 Å². The molecule has 1 aromatic carbocycles. The van der Waals surface area contributed by atoms with Crippen LogP contribution >= 0.6 is 11.6 Å². The van der Waals surface area contributed by atoms with Crippen molar-refractivity contribution in [1.82, 2.24) is 14.8 Å². The highest BCUT2D eigenvalue weighted by molar-refractivity contribution is 6.31. The molecular formula is C16H10ClF2N3O3. The quantitative estimate of drug-likeness (QED) is 0.715. The Morgan fingerprint density at radius 3 is 2.68 bits per heavy atom. The second-order valence-corrected chi connectivity index (χ2v) is 5.29. The molecule has 25 heavy (non-hydrogen) atoms. The number of carbonyl (C=O) groups is 1. The van der Waals surface area contributed by atoms with Gasteiger partial charge in [-0.3, -0.25) is 4.98 Å². The molecule has 128 valence electrons. The van der Waals surface area contributed by atoms with Crippen molar-refractivity contribution in [3.05, 3.63) is 59.0 Å². The first kappa shape index (κ1) is 16.8. The average molecular weight is 366 g/mol. The van der Waals surface area contributed by atoms with Crippen molar-refractivity contribution in [3.63, 3.8) is 0 Å². The molecular weight excluding hydrogens is 356 g/mol. The molecule has 3 aromatic rings. The van der Waals surface area contributed by atoms with Gasteiger partial charge in [-0.05, 0) is 24.3 Å². The molecule has 2 heterocycles. The van der Waals surface area contributed by atoms with Crippen LogP contribution in [0, 0.1) is 11.6 Å². The number of nitrogens with zero attached hydrogens (tertiary/aromatic N) is 3. The highest BCUT2D eigenvalue weighted by Crippen LogP contribution is 2.36. The summed E-state index contributed by atoms with van der Waals surface area (Å²) < 4.78 is 34.5. The summed E-state index contributed by atoms with van der Waals surface area (Å²) in [6.07, 6.45) is 2.94. The minimum atomic E-state index is -1.30. The number of halogens is 3. The first-order valence-corrected chi connectivity index (χ1v) is 7.27. The van der Waals surface area contributed by atoms with E-state index in [9.17, 15) is 18.7 Å². The maximum atomic E-state index is 14.5. The van der Waals surface area contributed by atoms with Gasteiger partial charge in [-0.25, -0.2) is 18.3 Å². The monoisotopic (exact) mass is 365 g/mol.